The van der Waals surface area contributed by atoms with Gasteiger partial charge in [0, 0.05) is 18.8 Å². The molecule has 104 valence electrons. The van der Waals surface area contributed by atoms with Crippen molar-refractivity contribution in [3.8, 4) is 0 Å². The fraction of sp³-hybridized carbons (Fsp3) is 0.533. The number of nitrogens with one attached hydrogen (secondary N) is 1. The number of amides is 1. The summed E-state index contributed by atoms with van der Waals surface area (Å²) in [5.74, 6) is 0.0709. The van der Waals surface area contributed by atoms with Gasteiger partial charge in [0.05, 0.1) is 5.41 Å². The molecule has 0 bridgehead atoms. The van der Waals surface area contributed by atoms with Gasteiger partial charge < -0.3 is 16.0 Å². The van der Waals surface area contributed by atoms with E-state index in [0.29, 0.717) is 6.54 Å². The summed E-state index contributed by atoms with van der Waals surface area (Å²) < 4.78 is 0. The molecule has 0 atom stereocenters. The van der Waals surface area contributed by atoms with Crippen LogP contribution >= 0.6 is 0 Å². The van der Waals surface area contributed by atoms with Gasteiger partial charge in [0.15, 0.2) is 0 Å². The molecule has 0 heterocycles. The highest BCUT2D eigenvalue weighted by atomic mass is 16.2. The van der Waals surface area contributed by atoms with Crippen molar-refractivity contribution < 1.29 is 4.79 Å². The average Bonchev–Trinajstić information content (AvgIpc) is 2.30. The van der Waals surface area contributed by atoms with Crippen LogP contribution in [0.25, 0.3) is 0 Å². The van der Waals surface area contributed by atoms with Crippen molar-refractivity contribution in [1.29, 1.82) is 0 Å². The maximum atomic E-state index is 12.2. The van der Waals surface area contributed by atoms with E-state index < -0.39 is 0 Å². The number of nitrogens with two attached hydrogens (primary N) is 1. The summed E-state index contributed by atoms with van der Waals surface area (Å²) in [4.78, 5) is 14.3. The molecule has 2 rings (SSSR count). The van der Waals surface area contributed by atoms with Gasteiger partial charge in [0.2, 0.25) is 5.91 Å². The lowest BCUT2D eigenvalue weighted by Crippen LogP contribution is -2.47. The van der Waals surface area contributed by atoms with Crippen molar-refractivity contribution in [1.82, 2.24) is 4.90 Å². The Kier molecular flexibility index (Phi) is 4.22. The molecule has 0 aromatic heterocycles. The maximum Gasteiger partial charge on any atom is 0.231 e. The van der Waals surface area contributed by atoms with Gasteiger partial charge in [-0.25, -0.2) is 0 Å². The van der Waals surface area contributed by atoms with Gasteiger partial charge in [-0.15, -0.1) is 0 Å². The molecule has 1 amide bonds. The molecule has 0 saturated heterocycles. The summed E-state index contributed by atoms with van der Waals surface area (Å²) in [6.45, 7) is 1.35. The first-order valence-electron chi connectivity index (χ1n) is 6.81. The van der Waals surface area contributed by atoms with Crippen molar-refractivity contribution in [2.45, 2.75) is 25.8 Å². The average molecular weight is 261 g/mol. The van der Waals surface area contributed by atoms with Crippen molar-refractivity contribution in [2.75, 3.05) is 26.0 Å². The second-order valence-electron chi connectivity index (χ2n) is 5.73. The fourth-order valence-electron chi connectivity index (χ4n) is 2.45. The Balaban J connectivity index is 1.97. The van der Waals surface area contributed by atoms with Crippen LogP contribution in [0.3, 0.4) is 0 Å². The monoisotopic (exact) mass is 261 g/mol. The topological polar surface area (TPSA) is 58.4 Å². The Morgan fingerprint density at radius 3 is 2.37 bits per heavy atom. The van der Waals surface area contributed by atoms with Crippen LogP contribution in [0, 0.1) is 5.41 Å². The predicted molar refractivity (Wildman–Crippen MR) is 77.8 cm³/mol. The smallest absolute Gasteiger partial charge is 0.231 e. The first kappa shape index (κ1) is 14.0. The number of anilines is 1. The third-order valence-corrected chi connectivity index (χ3v) is 3.89. The maximum absolute atomic E-state index is 12.2. The summed E-state index contributed by atoms with van der Waals surface area (Å²) in [7, 11) is 4.08. The molecule has 4 nitrogen and oxygen atoms in total. The minimum Gasteiger partial charge on any atom is -0.329 e. The Labute approximate surface area is 115 Å². The Morgan fingerprint density at radius 1 is 1.32 bits per heavy atom. The third-order valence-electron chi connectivity index (χ3n) is 3.89. The molecule has 0 spiro atoms. The highest BCUT2D eigenvalue weighted by Crippen LogP contribution is 2.40. The second kappa shape index (κ2) is 5.72. The zero-order valence-corrected chi connectivity index (χ0v) is 11.8. The Hall–Kier alpha value is -1.39. The molecule has 1 aliphatic carbocycles. The zero-order valence-electron chi connectivity index (χ0n) is 11.8. The van der Waals surface area contributed by atoms with Crippen LogP contribution in [0.15, 0.2) is 24.3 Å². The molecule has 19 heavy (non-hydrogen) atoms. The van der Waals surface area contributed by atoms with Crippen LogP contribution in [0.4, 0.5) is 5.69 Å². The van der Waals surface area contributed by atoms with Crippen molar-refractivity contribution >= 4 is 11.6 Å². The first-order valence-corrected chi connectivity index (χ1v) is 6.81. The van der Waals surface area contributed by atoms with E-state index in [1.807, 2.05) is 38.4 Å². The largest absolute Gasteiger partial charge is 0.329 e. The van der Waals surface area contributed by atoms with Crippen LogP contribution in [0.2, 0.25) is 0 Å². The molecule has 1 saturated carbocycles. The van der Waals surface area contributed by atoms with E-state index in [1.165, 1.54) is 5.56 Å². The minimum atomic E-state index is -0.317. The molecule has 1 aliphatic rings. The Morgan fingerprint density at radius 2 is 1.95 bits per heavy atom. The van der Waals surface area contributed by atoms with E-state index in [2.05, 4.69) is 10.2 Å². The first-order chi connectivity index (χ1) is 9.05. The summed E-state index contributed by atoms with van der Waals surface area (Å²) in [6, 6.07) is 8.01. The van der Waals surface area contributed by atoms with Crippen LogP contribution in [-0.4, -0.2) is 31.4 Å². The molecule has 1 aromatic rings. The van der Waals surface area contributed by atoms with Crippen LogP contribution in [-0.2, 0) is 11.3 Å². The zero-order chi connectivity index (χ0) is 13.9. The second-order valence-corrected chi connectivity index (χ2v) is 5.73. The lowest BCUT2D eigenvalue weighted by atomic mass is 9.68. The molecule has 1 fully saturated rings. The third kappa shape index (κ3) is 3.14. The molecule has 3 N–H and O–H groups in total. The normalized spacial score (nSPS) is 17.1. The molecule has 4 heteroatoms. The fourth-order valence-corrected chi connectivity index (χ4v) is 2.45. The van der Waals surface area contributed by atoms with Gasteiger partial charge in [-0.1, -0.05) is 18.6 Å². The van der Waals surface area contributed by atoms with E-state index in [-0.39, 0.29) is 11.3 Å². The molecule has 0 unspecified atom stereocenters. The van der Waals surface area contributed by atoms with E-state index >= 15 is 0 Å². The lowest BCUT2D eigenvalue weighted by molar-refractivity contribution is -0.129. The molecule has 0 radical (unpaired) electrons. The SMILES string of the molecule is CN(C)Cc1ccc(NC(=O)C2(CN)CCC2)cc1. The molecular formula is C15H23N3O. The molecule has 0 aliphatic heterocycles. The Bertz CT molecular complexity index is 430. The summed E-state index contributed by atoms with van der Waals surface area (Å²) in [5.41, 5.74) is 7.51. The van der Waals surface area contributed by atoms with E-state index in [1.54, 1.807) is 0 Å². The van der Waals surface area contributed by atoms with Gasteiger partial charge in [-0.05, 0) is 44.6 Å². The van der Waals surface area contributed by atoms with Crippen LogP contribution in [0.5, 0.6) is 0 Å². The number of hydrogen-bond donors (Lipinski definition) is 2. The van der Waals surface area contributed by atoms with Crippen LogP contribution in [0.1, 0.15) is 24.8 Å². The van der Waals surface area contributed by atoms with Gasteiger partial charge in [-0.3, -0.25) is 4.79 Å². The standard InChI is InChI=1S/C15H23N3O/c1-18(2)10-12-4-6-13(7-5-12)17-14(19)15(11-16)8-3-9-15/h4-7H,3,8-11,16H2,1-2H3,(H,17,19). The predicted octanol–water partition coefficient (Wildman–Crippen LogP) is 1.82. The van der Waals surface area contributed by atoms with E-state index in [4.69, 9.17) is 5.73 Å². The number of hydrogen-bond acceptors (Lipinski definition) is 3. The van der Waals surface area contributed by atoms with Crippen molar-refractivity contribution in [3.05, 3.63) is 29.8 Å². The van der Waals surface area contributed by atoms with E-state index in [0.717, 1.165) is 31.5 Å². The quantitative estimate of drug-likeness (QED) is 0.850. The van der Waals surface area contributed by atoms with Gasteiger partial charge in [0.1, 0.15) is 0 Å². The van der Waals surface area contributed by atoms with Gasteiger partial charge >= 0.3 is 0 Å². The number of nitrogens with zero attached hydrogens (tertiary/aromatic N) is 1. The summed E-state index contributed by atoms with van der Waals surface area (Å²) >= 11 is 0. The van der Waals surface area contributed by atoms with Crippen LogP contribution < -0.4 is 11.1 Å². The highest BCUT2D eigenvalue weighted by molar-refractivity contribution is 5.96. The van der Waals surface area contributed by atoms with Crippen molar-refractivity contribution in [3.63, 3.8) is 0 Å². The minimum absolute atomic E-state index is 0.0709. The molecular weight excluding hydrogens is 238 g/mol. The highest BCUT2D eigenvalue weighted by Gasteiger charge is 2.42. The number of carbonyl (C=O) groups excluding carboxylic acids is 1. The van der Waals surface area contributed by atoms with Gasteiger partial charge in [0.25, 0.3) is 0 Å². The summed E-state index contributed by atoms with van der Waals surface area (Å²) in [5, 5.41) is 2.98. The lowest BCUT2D eigenvalue weighted by Gasteiger charge is -2.39. The number of benzene rings is 1. The van der Waals surface area contributed by atoms with E-state index in [9.17, 15) is 4.79 Å². The summed E-state index contributed by atoms with van der Waals surface area (Å²) in [6.07, 6.45) is 2.93. The number of rotatable bonds is 5. The number of carbonyl (C=O) groups is 1. The van der Waals surface area contributed by atoms with Crippen molar-refractivity contribution in [2.24, 2.45) is 11.1 Å². The van der Waals surface area contributed by atoms with Gasteiger partial charge in [-0.2, -0.15) is 0 Å². The molecule has 1 aromatic carbocycles.